The van der Waals surface area contributed by atoms with Gasteiger partial charge in [-0.25, -0.2) is 0 Å². The zero-order chi connectivity index (χ0) is 15.4. The number of aliphatic hydroxyl groups excluding tert-OH is 2. The molecular weight excluding hydrogens is 266 g/mol. The third-order valence-corrected chi connectivity index (χ3v) is 2.72. The maximum atomic E-state index is 9.47. The normalized spacial score (nSPS) is 17.1. The average Bonchev–Trinajstić information content (AvgIpc) is 2.44. The van der Waals surface area contributed by atoms with Crippen LogP contribution in [0.4, 0.5) is 0 Å². The summed E-state index contributed by atoms with van der Waals surface area (Å²) in [6.45, 7) is 3.74. The maximum Gasteiger partial charge on any atom is 0.184 e. The van der Waals surface area contributed by atoms with E-state index < -0.39 is 24.6 Å². The van der Waals surface area contributed by atoms with Gasteiger partial charge >= 0.3 is 0 Å². The van der Waals surface area contributed by atoms with Gasteiger partial charge in [-0.15, -0.1) is 0 Å². The molecule has 0 aliphatic heterocycles. The first kappa shape index (κ1) is 19.1. The standard InChI is InChI=1S/C12H25N3O5/c1-4-5-6-19-10(7-14-15-13)12(18-3)20-11(8-16)9(2)17/h9-12,16-17H,4-8H2,1-3H3/t9-,10-,11?,12+/m0/s1. The lowest BCUT2D eigenvalue weighted by Crippen LogP contribution is -2.42. The molecule has 0 aliphatic rings. The van der Waals surface area contributed by atoms with Crippen LogP contribution >= 0.6 is 0 Å². The summed E-state index contributed by atoms with van der Waals surface area (Å²) in [7, 11) is 1.42. The molecule has 118 valence electrons. The van der Waals surface area contributed by atoms with E-state index in [0.29, 0.717) is 6.61 Å². The number of nitrogens with zero attached hydrogens (tertiary/aromatic N) is 3. The molecule has 2 N–H and O–H groups in total. The van der Waals surface area contributed by atoms with Crippen LogP contribution in [0.1, 0.15) is 26.7 Å². The van der Waals surface area contributed by atoms with Gasteiger partial charge in [0.2, 0.25) is 0 Å². The molecule has 0 saturated carbocycles. The highest BCUT2D eigenvalue weighted by atomic mass is 16.7. The highest BCUT2D eigenvalue weighted by molar-refractivity contribution is 4.71. The van der Waals surface area contributed by atoms with Crippen LogP contribution in [0.5, 0.6) is 0 Å². The third-order valence-electron chi connectivity index (χ3n) is 2.72. The van der Waals surface area contributed by atoms with E-state index in [1.165, 1.54) is 14.0 Å². The van der Waals surface area contributed by atoms with Crippen molar-refractivity contribution in [2.75, 3.05) is 26.9 Å². The minimum Gasteiger partial charge on any atom is -0.394 e. The number of ether oxygens (including phenoxy) is 3. The zero-order valence-electron chi connectivity index (χ0n) is 12.3. The Hall–Kier alpha value is -0.890. The third kappa shape index (κ3) is 7.64. The molecule has 0 aliphatic carbocycles. The monoisotopic (exact) mass is 291 g/mol. The van der Waals surface area contributed by atoms with E-state index in [4.69, 9.17) is 24.8 Å². The molecule has 0 bridgehead atoms. The van der Waals surface area contributed by atoms with Crippen molar-refractivity contribution in [2.24, 2.45) is 5.11 Å². The summed E-state index contributed by atoms with van der Waals surface area (Å²) in [4.78, 5) is 2.69. The van der Waals surface area contributed by atoms with E-state index >= 15 is 0 Å². The van der Waals surface area contributed by atoms with Crippen molar-refractivity contribution >= 4 is 0 Å². The fraction of sp³-hybridized carbons (Fsp3) is 1.00. The number of rotatable bonds is 12. The molecule has 0 aromatic heterocycles. The van der Waals surface area contributed by atoms with E-state index in [1.54, 1.807) is 0 Å². The lowest BCUT2D eigenvalue weighted by Gasteiger charge is -2.29. The van der Waals surface area contributed by atoms with E-state index in [-0.39, 0.29) is 13.2 Å². The molecule has 20 heavy (non-hydrogen) atoms. The molecule has 0 saturated heterocycles. The Kier molecular flexibility index (Phi) is 11.4. The van der Waals surface area contributed by atoms with Gasteiger partial charge < -0.3 is 24.4 Å². The molecule has 0 rings (SSSR count). The quantitative estimate of drug-likeness (QED) is 0.184. The fourth-order valence-electron chi connectivity index (χ4n) is 1.49. The Labute approximate surface area is 119 Å². The zero-order valence-corrected chi connectivity index (χ0v) is 12.3. The number of methoxy groups -OCH3 is 1. The van der Waals surface area contributed by atoms with Gasteiger partial charge in [0, 0.05) is 18.6 Å². The van der Waals surface area contributed by atoms with Crippen LogP contribution in [0, 0.1) is 0 Å². The summed E-state index contributed by atoms with van der Waals surface area (Å²) in [5.74, 6) is 0. The molecule has 8 nitrogen and oxygen atoms in total. The van der Waals surface area contributed by atoms with Crippen LogP contribution in [0.25, 0.3) is 10.4 Å². The Morgan fingerprint density at radius 3 is 2.50 bits per heavy atom. The van der Waals surface area contributed by atoms with Crippen LogP contribution in [-0.4, -0.2) is 61.7 Å². The van der Waals surface area contributed by atoms with Crippen molar-refractivity contribution in [2.45, 2.75) is 51.3 Å². The van der Waals surface area contributed by atoms with E-state index in [0.717, 1.165) is 12.8 Å². The molecule has 0 fully saturated rings. The van der Waals surface area contributed by atoms with Crippen molar-refractivity contribution in [3.63, 3.8) is 0 Å². The molecule has 0 radical (unpaired) electrons. The molecule has 0 aromatic carbocycles. The van der Waals surface area contributed by atoms with E-state index in [1.807, 2.05) is 6.92 Å². The van der Waals surface area contributed by atoms with Gasteiger partial charge in [-0.3, -0.25) is 0 Å². The van der Waals surface area contributed by atoms with Crippen molar-refractivity contribution < 1.29 is 24.4 Å². The predicted molar refractivity (Wildman–Crippen MR) is 73.1 cm³/mol. The van der Waals surface area contributed by atoms with Gasteiger partial charge in [0.25, 0.3) is 0 Å². The summed E-state index contributed by atoms with van der Waals surface area (Å²) >= 11 is 0. The molecule has 0 aromatic rings. The smallest absolute Gasteiger partial charge is 0.184 e. The van der Waals surface area contributed by atoms with Crippen LogP contribution < -0.4 is 0 Å². The molecule has 0 amide bonds. The second-order valence-electron chi connectivity index (χ2n) is 4.38. The number of hydrogen-bond acceptors (Lipinski definition) is 6. The lowest BCUT2D eigenvalue weighted by molar-refractivity contribution is -0.232. The molecule has 0 heterocycles. The Bertz CT molecular complexity index is 284. The predicted octanol–water partition coefficient (Wildman–Crippen LogP) is 1.21. The minimum absolute atomic E-state index is 0.0523. The van der Waals surface area contributed by atoms with E-state index in [9.17, 15) is 5.11 Å². The summed E-state index contributed by atoms with van der Waals surface area (Å²) < 4.78 is 16.2. The Balaban J connectivity index is 4.63. The van der Waals surface area contributed by atoms with Gasteiger partial charge in [0.1, 0.15) is 12.2 Å². The average molecular weight is 291 g/mol. The van der Waals surface area contributed by atoms with Crippen molar-refractivity contribution in [3.8, 4) is 0 Å². The van der Waals surface area contributed by atoms with Crippen LogP contribution in [0.3, 0.4) is 0 Å². The first-order valence-electron chi connectivity index (χ1n) is 6.70. The largest absolute Gasteiger partial charge is 0.394 e. The highest BCUT2D eigenvalue weighted by Crippen LogP contribution is 2.12. The van der Waals surface area contributed by atoms with Gasteiger partial charge in [-0.1, -0.05) is 18.5 Å². The van der Waals surface area contributed by atoms with Gasteiger partial charge in [-0.05, 0) is 18.9 Å². The molecule has 1 unspecified atom stereocenters. The fourth-order valence-corrected chi connectivity index (χ4v) is 1.49. The van der Waals surface area contributed by atoms with Crippen LogP contribution in [0.15, 0.2) is 5.11 Å². The number of aliphatic hydroxyl groups is 2. The second-order valence-corrected chi connectivity index (χ2v) is 4.38. The van der Waals surface area contributed by atoms with Gasteiger partial charge in [0.15, 0.2) is 6.29 Å². The SMILES string of the molecule is CCCCO[C@@H](CN=[N+]=[N-])[C@H](OC)OC(CO)[C@H](C)O. The Morgan fingerprint density at radius 1 is 1.35 bits per heavy atom. The summed E-state index contributed by atoms with van der Waals surface area (Å²) in [5.41, 5.74) is 8.40. The first-order chi connectivity index (χ1) is 9.60. The van der Waals surface area contributed by atoms with Crippen LogP contribution in [-0.2, 0) is 14.2 Å². The summed E-state index contributed by atoms with van der Waals surface area (Å²) in [6.07, 6.45) is -1.22. The summed E-state index contributed by atoms with van der Waals surface area (Å²) in [5, 5.41) is 22.1. The number of hydrogen-bond donors (Lipinski definition) is 2. The van der Waals surface area contributed by atoms with Crippen molar-refractivity contribution in [1.29, 1.82) is 0 Å². The first-order valence-corrected chi connectivity index (χ1v) is 6.70. The number of azide groups is 1. The molecule has 0 spiro atoms. The van der Waals surface area contributed by atoms with E-state index in [2.05, 4.69) is 10.0 Å². The maximum absolute atomic E-state index is 9.47. The molecule has 4 atom stereocenters. The van der Waals surface area contributed by atoms with Crippen molar-refractivity contribution in [1.82, 2.24) is 0 Å². The lowest BCUT2D eigenvalue weighted by atomic mass is 10.2. The number of unbranched alkanes of at least 4 members (excludes halogenated alkanes) is 1. The highest BCUT2D eigenvalue weighted by Gasteiger charge is 2.27. The van der Waals surface area contributed by atoms with Gasteiger partial charge in [0.05, 0.1) is 19.3 Å². The topological polar surface area (TPSA) is 117 Å². The second kappa shape index (κ2) is 11.9. The molecular formula is C12H25N3O5. The molecule has 8 heteroatoms. The van der Waals surface area contributed by atoms with Gasteiger partial charge in [-0.2, -0.15) is 0 Å². The Morgan fingerprint density at radius 2 is 2.05 bits per heavy atom. The van der Waals surface area contributed by atoms with Crippen molar-refractivity contribution in [3.05, 3.63) is 10.4 Å². The summed E-state index contributed by atoms with van der Waals surface area (Å²) in [6, 6.07) is 0. The minimum atomic E-state index is -0.853. The van der Waals surface area contributed by atoms with Crippen LogP contribution in [0.2, 0.25) is 0 Å².